The Morgan fingerprint density at radius 2 is 2.23 bits per heavy atom. The molecule has 1 aromatic carbocycles. The molecule has 1 aliphatic carbocycles. The van der Waals surface area contributed by atoms with Crippen molar-refractivity contribution in [3.05, 3.63) is 41.5 Å². The first kappa shape index (κ1) is 9.01. The van der Waals surface area contributed by atoms with Crippen molar-refractivity contribution < 1.29 is 0 Å². The average molecular weight is 237 g/mol. The lowest BCUT2D eigenvalue weighted by molar-refractivity contribution is 1.13. The Morgan fingerprint density at radius 3 is 2.92 bits per heavy atom. The van der Waals surface area contributed by atoms with Crippen molar-refractivity contribution in [1.29, 1.82) is 0 Å². The molecular weight excluding hydrogens is 224 g/mol. The molecule has 0 N–H and O–H groups in total. The van der Waals surface area contributed by atoms with Crippen LogP contribution >= 0.6 is 15.9 Å². The van der Waals surface area contributed by atoms with Gasteiger partial charge in [-0.1, -0.05) is 52.3 Å². The fourth-order valence-electron chi connectivity index (χ4n) is 1.51. The average Bonchev–Trinajstić information content (AvgIpc) is 2.98. The highest BCUT2D eigenvalue weighted by atomic mass is 79.9. The van der Waals surface area contributed by atoms with Crippen molar-refractivity contribution >= 4 is 22.0 Å². The minimum Gasteiger partial charge on any atom is -0.0883 e. The molecule has 0 radical (unpaired) electrons. The minimum atomic E-state index is 0.859. The number of hydrogen-bond donors (Lipinski definition) is 0. The van der Waals surface area contributed by atoms with Gasteiger partial charge in [-0.3, -0.25) is 0 Å². The fraction of sp³-hybridized carbons (Fsp3) is 0.333. The quantitative estimate of drug-likeness (QED) is 0.697. The number of rotatable bonds is 3. The molecule has 1 aromatic rings. The maximum atomic E-state index is 3.38. The van der Waals surface area contributed by atoms with Crippen molar-refractivity contribution in [2.75, 3.05) is 5.33 Å². The fourth-order valence-corrected chi connectivity index (χ4v) is 1.70. The second-order valence-electron chi connectivity index (χ2n) is 3.50. The van der Waals surface area contributed by atoms with Gasteiger partial charge in [0.05, 0.1) is 0 Å². The van der Waals surface area contributed by atoms with Gasteiger partial charge in [-0.05, 0) is 29.9 Å². The molecule has 13 heavy (non-hydrogen) atoms. The Labute approximate surface area is 87.8 Å². The van der Waals surface area contributed by atoms with E-state index in [0.29, 0.717) is 0 Å². The van der Waals surface area contributed by atoms with Crippen LogP contribution in [0.4, 0.5) is 0 Å². The van der Waals surface area contributed by atoms with Gasteiger partial charge in [-0.15, -0.1) is 0 Å². The van der Waals surface area contributed by atoms with Gasteiger partial charge in [0.15, 0.2) is 0 Å². The Hall–Kier alpha value is -0.560. The number of alkyl halides is 1. The zero-order chi connectivity index (χ0) is 9.10. The number of benzene rings is 1. The van der Waals surface area contributed by atoms with Crippen LogP contribution in [0.3, 0.4) is 0 Å². The molecule has 0 nitrogen and oxygen atoms in total. The molecule has 0 saturated heterocycles. The van der Waals surface area contributed by atoms with Crippen LogP contribution in [0.25, 0.3) is 6.08 Å². The van der Waals surface area contributed by atoms with Crippen LogP contribution in [0, 0.1) is 0 Å². The lowest BCUT2D eigenvalue weighted by Crippen LogP contribution is -1.79. The van der Waals surface area contributed by atoms with Gasteiger partial charge >= 0.3 is 0 Å². The summed E-state index contributed by atoms with van der Waals surface area (Å²) >= 11 is 3.38. The van der Waals surface area contributed by atoms with E-state index in [1.54, 1.807) is 0 Å². The van der Waals surface area contributed by atoms with E-state index in [4.69, 9.17) is 0 Å². The zero-order valence-corrected chi connectivity index (χ0v) is 9.13. The summed E-state index contributed by atoms with van der Waals surface area (Å²) < 4.78 is 0. The molecular formula is C12H13Br. The van der Waals surface area contributed by atoms with Gasteiger partial charge < -0.3 is 0 Å². The van der Waals surface area contributed by atoms with E-state index in [1.165, 1.54) is 24.0 Å². The van der Waals surface area contributed by atoms with E-state index in [2.05, 4.69) is 52.3 Å². The van der Waals surface area contributed by atoms with Crippen molar-refractivity contribution in [3.63, 3.8) is 0 Å². The van der Waals surface area contributed by atoms with Crippen molar-refractivity contribution in [1.82, 2.24) is 0 Å². The summed E-state index contributed by atoms with van der Waals surface area (Å²) in [5, 5.41) is 0.931. The number of allylic oxidation sites excluding steroid dienone is 1. The van der Waals surface area contributed by atoms with E-state index in [9.17, 15) is 0 Å². The van der Waals surface area contributed by atoms with Crippen LogP contribution < -0.4 is 0 Å². The third-order valence-corrected chi connectivity index (χ3v) is 2.73. The second-order valence-corrected chi connectivity index (χ2v) is 4.15. The second kappa shape index (κ2) is 4.10. The van der Waals surface area contributed by atoms with Gasteiger partial charge in [0.1, 0.15) is 0 Å². The van der Waals surface area contributed by atoms with Crippen molar-refractivity contribution in [2.45, 2.75) is 18.8 Å². The van der Waals surface area contributed by atoms with Gasteiger partial charge in [0.2, 0.25) is 0 Å². The smallest absolute Gasteiger partial charge is 0.0215 e. The predicted octanol–water partition coefficient (Wildman–Crippen LogP) is 3.97. The maximum absolute atomic E-state index is 3.38. The SMILES string of the molecule is BrCC=Cc1cccc(C2CC2)c1. The zero-order valence-electron chi connectivity index (χ0n) is 7.54. The lowest BCUT2D eigenvalue weighted by Gasteiger charge is -1.98. The first-order valence-electron chi connectivity index (χ1n) is 4.72. The number of halogens is 1. The van der Waals surface area contributed by atoms with E-state index < -0.39 is 0 Å². The van der Waals surface area contributed by atoms with Gasteiger partial charge in [0, 0.05) is 5.33 Å². The summed E-state index contributed by atoms with van der Waals surface area (Å²) in [6.45, 7) is 0. The molecule has 1 fully saturated rings. The Morgan fingerprint density at radius 1 is 1.38 bits per heavy atom. The molecule has 2 rings (SSSR count). The molecule has 1 aliphatic rings. The molecule has 0 aliphatic heterocycles. The monoisotopic (exact) mass is 236 g/mol. The molecule has 0 heterocycles. The predicted molar refractivity (Wildman–Crippen MR) is 61.2 cm³/mol. The Kier molecular flexibility index (Phi) is 2.84. The molecule has 0 amide bonds. The molecule has 0 bridgehead atoms. The first-order valence-corrected chi connectivity index (χ1v) is 5.85. The van der Waals surface area contributed by atoms with Gasteiger partial charge in [0.25, 0.3) is 0 Å². The number of hydrogen-bond acceptors (Lipinski definition) is 0. The van der Waals surface area contributed by atoms with Gasteiger partial charge in [-0.2, -0.15) is 0 Å². The van der Waals surface area contributed by atoms with Crippen LogP contribution in [-0.2, 0) is 0 Å². The summed E-state index contributed by atoms with van der Waals surface area (Å²) in [6.07, 6.45) is 7.06. The standard InChI is InChI=1S/C12H13Br/c13-8-2-4-10-3-1-5-12(9-10)11-6-7-11/h1-5,9,11H,6-8H2. The highest BCUT2D eigenvalue weighted by molar-refractivity contribution is 9.09. The normalized spacial score (nSPS) is 16.7. The van der Waals surface area contributed by atoms with Crippen molar-refractivity contribution in [3.8, 4) is 0 Å². The third-order valence-electron chi connectivity index (χ3n) is 2.36. The van der Waals surface area contributed by atoms with E-state index >= 15 is 0 Å². The maximum Gasteiger partial charge on any atom is 0.0215 e. The Balaban J connectivity index is 2.16. The van der Waals surface area contributed by atoms with Crippen LogP contribution in [0.1, 0.15) is 29.9 Å². The molecule has 1 heteroatoms. The summed E-state index contributed by atoms with van der Waals surface area (Å²) in [5.41, 5.74) is 2.83. The van der Waals surface area contributed by atoms with Crippen LogP contribution in [-0.4, -0.2) is 5.33 Å². The lowest BCUT2D eigenvalue weighted by atomic mass is 10.1. The van der Waals surface area contributed by atoms with Crippen molar-refractivity contribution in [2.24, 2.45) is 0 Å². The van der Waals surface area contributed by atoms with E-state index in [-0.39, 0.29) is 0 Å². The van der Waals surface area contributed by atoms with Crippen LogP contribution in [0.5, 0.6) is 0 Å². The first-order chi connectivity index (χ1) is 6.40. The molecule has 0 atom stereocenters. The molecule has 0 spiro atoms. The molecule has 0 unspecified atom stereocenters. The summed E-state index contributed by atoms with van der Waals surface area (Å²) in [6, 6.07) is 8.85. The summed E-state index contributed by atoms with van der Waals surface area (Å²) in [7, 11) is 0. The molecule has 1 saturated carbocycles. The van der Waals surface area contributed by atoms with E-state index in [1.807, 2.05) is 0 Å². The van der Waals surface area contributed by atoms with Crippen LogP contribution in [0.2, 0.25) is 0 Å². The topological polar surface area (TPSA) is 0 Å². The summed E-state index contributed by atoms with van der Waals surface area (Å²) in [4.78, 5) is 0. The highest BCUT2D eigenvalue weighted by Gasteiger charge is 2.22. The summed E-state index contributed by atoms with van der Waals surface area (Å²) in [5.74, 6) is 0.859. The Bertz CT molecular complexity index is 311. The molecule has 68 valence electrons. The minimum absolute atomic E-state index is 0.859. The van der Waals surface area contributed by atoms with Gasteiger partial charge in [-0.25, -0.2) is 0 Å². The van der Waals surface area contributed by atoms with Crippen LogP contribution in [0.15, 0.2) is 30.3 Å². The molecule has 0 aromatic heterocycles. The third kappa shape index (κ3) is 2.44. The van der Waals surface area contributed by atoms with E-state index in [0.717, 1.165) is 11.2 Å². The highest BCUT2D eigenvalue weighted by Crippen LogP contribution is 2.40. The largest absolute Gasteiger partial charge is 0.0883 e.